The van der Waals surface area contributed by atoms with Crippen LogP contribution in [0, 0.1) is 34.5 Å². The molecule has 3 nitrogen and oxygen atoms in total. The lowest BCUT2D eigenvalue weighted by Gasteiger charge is -2.58. The topological polar surface area (TPSA) is 60.7 Å². The number of rotatable bonds is 2. The summed E-state index contributed by atoms with van der Waals surface area (Å²) in [5, 5.41) is 29.9. The Hall–Kier alpha value is -0.380. The largest absolute Gasteiger partial charge is 0.394 e. The van der Waals surface area contributed by atoms with Crippen LogP contribution in [0.25, 0.3) is 0 Å². The molecule has 3 unspecified atom stereocenters. The molecule has 3 saturated carbocycles. The van der Waals surface area contributed by atoms with Crippen LogP contribution in [0.5, 0.6) is 0 Å². The third-order valence-electron chi connectivity index (χ3n) is 8.80. The molecule has 4 aliphatic carbocycles. The van der Waals surface area contributed by atoms with Gasteiger partial charge < -0.3 is 15.3 Å². The highest BCUT2D eigenvalue weighted by atomic mass is 16.3. The molecular weight excluding hydrogens is 300 g/mol. The zero-order valence-corrected chi connectivity index (χ0v) is 15.2. The third kappa shape index (κ3) is 2.27. The molecule has 0 aliphatic heterocycles. The van der Waals surface area contributed by atoms with E-state index >= 15 is 0 Å². The smallest absolute Gasteiger partial charge is 0.0804 e. The molecule has 8 atom stereocenters. The van der Waals surface area contributed by atoms with Crippen molar-refractivity contribution in [2.45, 2.75) is 77.4 Å². The molecule has 3 N–H and O–H groups in total. The van der Waals surface area contributed by atoms with E-state index in [1.807, 2.05) is 0 Å². The number of aliphatic hydroxyl groups excluding tert-OH is 3. The summed E-state index contributed by atoms with van der Waals surface area (Å²) in [7, 11) is 0. The predicted octanol–water partition coefficient (Wildman–Crippen LogP) is 3.28. The van der Waals surface area contributed by atoms with Crippen LogP contribution in [0.2, 0.25) is 0 Å². The predicted molar refractivity (Wildman–Crippen MR) is 94.3 cm³/mol. The molecule has 4 aliphatic rings. The molecule has 0 saturated heterocycles. The zero-order chi connectivity index (χ0) is 17.1. The van der Waals surface area contributed by atoms with Crippen LogP contribution in [0.4, 0.5) is 0 Å². The van der Waals surface area contributed by atoms with E-state index in [9.17, 15) is 15.3 Å². The van der Waals surface area contributed by atoms with Gasteiger partial charge in [0.15, 0.2) is 0 Å². The summed E-state index contributed by atoms with van der Waals surface area (Å²) in [5.41, 5.74) is 2.01. The molecule has 0 bridgehead atoms. The molecule has 136 valence electrons. The van der Waals surface area contributed by atoms with E-state index in [0.717, 1.165) is 43.9 Å². The number of hydrogen-bond donors (Lipinski definition) is 3. The quantitative estimate of drug-likeness (QED) is 0.679. The molecule has 24 heavy (non-hydrogen) atoms. The van der Waals surface area contributed by atoms with Crippen molar-refractivity contribution >= 4 is 0 Å². The highest BCUT2D eigenvalue weighted by molar-refractivity contribution is 5.25. The Morgan fingerprint density at radius 3 is 2.67 bits per heavy atom. The Morgan fingerprint density at radius 2 is 1.92 bits per heavy atom. The van der Waals surface area contributed by atoms with Crippen LogP contribution in [-0.2, 0) is 0 Å². The van der Waals surface area contributed by atoms with Gasteiger partial charge >= 0.3 is 0 Å². The van der Waals surface area contributed by atoms with E-state index in [2.05, 4.69) is 19.9 Å². The fourth-order valence-electron chi connectivity index (χ4n) is 7.44. The summed E-state index contributed by atoms with van der Waals surface area (Å²) in [6.07, 6.45) is 10.6. The Labute approximate surface area is 146 Å². The first-order valence-electron chi connectivity index (χ1n) is 10.1. The maximum absolute atomic E-state index is 10.3. The van der Waals surface area contributed by atoms with Crippen LogP contribution >= 0.6 is 0 Å². The van der Waals surface area contributed by atoms with Gasteiger partial charge in [-0.1, -0.05) is 25.5 Å². The van der Waals surface area contributed by atoms with Crippen LogP contribution < -0.4 is 0 Å². The molecule has 0 aromatic heterocycles. The lowest BCUT2D eigenvalue weighted by molar-refractivity contribution is -0.0779. The summed E-state index contributed by atoms with van der Waals surface area (Å²) in [6.45, 7) is 4.75. The zero-order valence-electron chi connectivity index (χ0n) is 15.2. The summed E-state index contributed by atoms with van der Waals surface area (Å²) in [5.74, 6) is 2.42. The van der Waals surface area contributed by atoms with Gasteiger partial charge in [-0.15, -0.1) is 0 Å². The summed E-state index contributed by atoms with van der Waals surface area (Å²) >= 11 is 0. The second kappa shape index (κ2) is 5.82. The molecule has 0 heterocycles. The average Bonchev–Trinajstić information content (AvgIpc) is 2.92. The molecule has 0 radical (unpaired) electrons. The van der Waals surface area contributed by atoms with Crippen molar-refractivity contribution in [1.82, 2.24) is 0 Å². The van der Waals surface area contributed by atoms with Crippen molar-refractivity contribution in [3.05, 3.63) is 11.6 Å². The average molecular weight is 335 g/mol. The monoisotopic (exact) mass is 334 g/mol. The summed E-state index contributed by atoms with van der Waals surface area (Å²) in [6, 6.07) is 0. The van der Waals surface area contributed by atoms with E-state index in [4.69, 9.17) is 0 Å². The van der Waals surface area contributed by atoms with E-state index in [1.54, 1.807) is 0 Å². The molecule has 3 heteroatoms. The molecule has 0 amide bonds. The van der Waals surface area contributed by atoms with Gasteiger partial charge in [0, 0.05) is 0 Å². The first-order chi connectivity index (χ1) is 11.4. The van der Waals surface area contributed by atoms with Crippen LogP contribution in [-0.4, -0.2) is 34.1 Å². The van der Waals surface area contributed by atoms with Gasteiger partial charge in [-0.2, -0.15) is 0 Å². The third-order valence-corrected chi connectivity index (χ3v) is 8.80. The van der Waals surface area contributed by atoms with Crippen LogP contribution in [0.1, 0.15) is 65.2 Å². The lowest BCUT2D eigenvalue weighted by atomic mass is 9.47. The number of aliphatic hydroxyl groups is 3. The molecular formula is C21H34O3. The van der Waals surface area contributed by atoms with E-state index < -0.39 is 6.10 Å². The van der Waals surface area contributed by atoms with Crippen molar-refractivity contribution in [3.8, 4) is 0 Å². The van der Waals surface area contributed by atoms with Gasteiger partial charge in [-0.25, -0.2) is 0 Å². The normalized spacial score (nSPS) is 52.0. The molecule has 4 rings (SSSR count). The Kier molecular flexibility index (Phi) is 4.14. The van der Waals surface area contributed by atoms with E-state index in [1.165, 1.54) is 24.8 Å². The number of allylic oxidation sites excluding steroid dienone is 1. The SMILES string of the molecule is C[C@]12CC[C@H](O)CC1=CCC1C2CC[C@@]2(C)C1CC[C@@H]2[C@@H](O)CO. The number of fused-ring (bicyclic) bond motifs is 5. The highest BCUT2D eigenvalue weighted by Gasteiger charge is 2.59. The summed E-state index contributed by atoms with van der Waals surface area (Å²) in [4.78, 5) is 0. The summed E-state index contributed by atoms with van der Waals surface area (Å²) < 4.78 is 0. The maximum Gasteiger partial charge on any atom is 0.0804 e. The fraction of sp³-hybridized carbons (Fsp3) is 0.905. The van der Waals surface area contributed by atoms with Crippen molar-refractivity contribution in [2.24, 2.45) is 34.5 Å². The van der Waals surface area contributed by atoms with Gasteiger partial charge in [0.25, 0.3) is 0 Å². The second-order valence-electron chi connectivity index (χ2n) is 9.63. The Morgan fingerprint density at radius 1 is 1.12 bits per heavy atom. The van der Waals surface area contributed by atoms with Crippen molar-refractivity contribution < 1.29 is 15.3 Å². The van der Waals surface area contributed by atoms with Gasteiger partial charge in [0.05, 0.1) is 18.8 Å². The minimum atomic E-state index is -0.549. The van der Waals surface area contributed by atoms with E-state index in [-0.39, 0.29) is 29.5 Å². The fourth-order valence-corrected chi connectivity index (χ4v) is 7.44. The standard InChI is InChI=1S/C21H34O3/c1-20-9-7-14(23)11-13(20)3-4-15-16-5-6-18(19(24)12-22)21(16,2)10-8-17(15)20/h3,14-19,22-24H,4-12H2,1-2H3/t14-,15?,16?,17?,18+,19-,20-,21-/m0/s1. The van der Waals surface area contributed by atoms with Gasteiger partial charge in [0.2, 0.25) is 0 Å². The first kappa shape index (κ1) is 17.1. The number of hydrogen-bond acceptors (Lipinski definition) is 3. The molecule has 3 fully saturated rings. The Bertz CT molecular complexity index is 529. The Balaban J connectivity index is 1.63. The van der Waals surface area contributed by atoms with Crippen molar-refractivity contribution in [3.63, 3.8) is 0 Å². The lowest BCUT2D eigenvalue weighted by Crippen LogP contribution is -2.51. The highest BCUT2D eigenvalue weighted by Crippen LogP contribution is 2.66. The van der Waals surface area contributed by atoms with Crippen molar-refractivity contribution in [1.29, 1.82) is 0 Å². The van der Waals surface area contributed by atoms with Gasteiger partial charge in [0.1, 0.15) is 0 Å². The minimum Gasteiger partial charge on any atom is -0.394 e. The first-order valence-corrected chi connectivity index (χ1v) is 10.1. The van der Waals surface area contributed by atoms with Gasteiger partial charge in [-0.3, -0.25) is 0 Å². The van der Waals surface area contributed by atoms with Gasteiger partial charge in [-0.05, 0) is 85.9 Å². The van der Waals surface area contributed by atoms with Crippen LogP contribution in [0.15, 0.2) is 11.6 Å². The molecule has 0 aromatic rings. The minimum absolute atomic E-state index is 0.0965. The maximum atomic E-state index is 10.3. The second-order valence-corrected chi connectivity index (χ2v) is 9.63. The van der Waals surface area contributed by atoms with E-state index in [0.29, 0.717) is 5.92 Å². The molecule has 0 aromatic carbocycles. The van der Waals surface area contributed by atoms with Crippen LogP contribution in [0.3, 0.4) is 0 Å². The molecule has 0 spiro atoms. The van der Waals surface area contributed by atoms with Crippen molar-refractivity contribution in [2.75, 3.05) is 6.61 Å².